The summed E-state index contributed by atoms with van der Waals surface area (Å²) in [6.45, 7) is 5.65. The molecule has 0 aliphatic rings. The Morgan fingerprint density at radius 3 is 2.29 bits per heavy atom. The minimum atomic E-state index is -0.657. The highest BCUT2D eigenvalue weighted by atomic mass is 16.6. The number of hydrogen-bond donors (Lipinski definition) is 0. The van der Waals surface area contributed by atoms with Crippen LogP contribution in [-0.2, 0) is 9.53 Å². The molecule has 4 heteroatoms. The molecule has 0 amide bonds. The molecule has 0 saturated heterocycles. The molecule has 0 heterocycles. The minimum Gasteiger partial charge on any atom is -0.425 e. The fraction of sp³-hybridized carbons (Fsp3) is 0.200. The summed E-state index contributed by atoms with van der Waals surface area (Å²) < 4.78 is 10.6. The van der Waals surface area contributed by atoms with Crippen molar-refractivity contribution in [2.75, 3.05) is 6.61 Å². The SMILES string of the molecule is C=CCCOC(C)C(=O)Oc1ccc(C(=O)c2ccccc2)cc1. The topological polar surface area (TPSA) is 52.6 Å². The van der Waals surface area contributed by atoms with E-state index in [-0.39, 0.29) is 5.78 Å². The summed E-state index contributed by atoms with van der Waals surface area (Å²) >= 11 is 0. The van der Waals surface area contributed by atoms with Crippen LogP contribution >= 0.6 is 0 Å². The van der Waals surface area contributed by atoms with Gasteiger partial charge < -0.3 is 9.47 Å². The van der Waals surface area contributed by atoms with E-state index < -0.39 is 12.1 Å². The van der Waals surface area contributed by atoms with Gasteiger partial charge in [0.05, 0.1) is 6.61 Å². The summed E-state index contributed by atoms with van der Waals surface area (Å²) in [5.41, 5.74) is 1.16. The van der Waals surface area contributed by atoms with Crippen molar-refractivity contribution in [3.8, 4) is 5.75 Å². The molecular formula is C20H20O4. The third-order valence-corrected chi connectivity index (χ3v) is 3.39. The Labute approximate surface area is 141 Å². The molecule has 1 unspecified atom stereocenters. The van der Waals surface area contributed by atoms with Crippen LogP contribution in [0, 0.1) is 0 Å². The van der Waals surface area contributed by atoms with E-state index in [1.54, 1.807) is 49.4 Å². The van der Waals surface area contributed by atoms with Gasteiger partial charge in [0.15, 0.2) is 11.9 Å². The quantitative estimate of drug-likeness (QED) is 0.244. The van der Waals surface area contributed by atoms with Crippen LogP contribution in [0.1, 0.15) is 29.3 Å². The number of carbonyl (C=O) groups excluding carboxylic acids is 2. The van der Waals surface area contributed by atoms with E-state index in [1.807, 2.05) is 18.2 Å². The first-order chi connectivity index (χ1) is 11.6. The van der Waals surface area contributed by atoms with E-state index in [1.165, 1.54) is 0 Å². The molecular weight excluding hydrogens is 304 g/mol. The zero-order valence-electron chi connectivity index (χ0n) is 13.6. The minimum absolute atomic E-state index is 0.0744. The van der Waals surface area contributed by atoms with Crippen LogP contribution in [0.25, 0.3) is 0 Å². The van der Waals surface area contributed by atoms with Gasteiger partial charge in [-0.1, -0.05) is 36.4 Å². The Bertz CT molecular complexity index is 689. The summed E-state index contributed by atoms with van der Waals surface area (Å²) in [7, 11) is 0. The van der Waals surface area contributed by atoms with Gasteiger partial charge in [-0.3, -0.25) is 4.79 Å². The van der Waals surface area contributed by atoms with E-state index in [0.29, 0.717) is 29.9 Å². The molecule has 0 saturated carbocycles. The van der Waals surface area contributed by atoms with Crippen LogP contribution in [0.4, 0.5) is 0 Å². The average molecular weight is 324 g/mol. The number of hydrogen-bond acceptors (Lipinski definition) is 4. The van der Waals surface area contributed by atoms with Crippen LogP contribution < -0.4 is 4.74 Å². The lowest BCUT2D eigenvalue weighted by molar-refractivity contribution is -0.146. The fourth-order valence-corrected chi connectivity index (χ4v) is 2.03. The van der Waals surface area contributed by atoms with Crippen molar-refractivity contribution in [2.45, 2.75) is 19.4 Å². The Balaban J connectivity index is 1.95. The van der Waals surface area contributed by atoms with Gasteiger partial charge in [-0.25, -0.2) is 4.79 Å². The van der Waals surface area contributed by atoms with Crippen molar-refractivity contribution in [1.82, 2.24) is 0 Å². The second-order valence-corrected chi connectivity index (χ2v) is 5.23. The highest BCUT2D eigenvalue weighted by molar-refractivity contribution is 6.09. The Kier molecular flexibility index (Phi) is 6.46. The second kappa shape index (κ2) is 8.79. The molecule has 2 aromatic rings. The first-order valence-corrected chi connectivity index (χ1v) is 7.76. The highest BCUT2D eigenvalue weighted by Crippen LogP contribution is 2.16. The highest BCUT2D eigenvalue weighted by Gasteiger charge is 2.16. The maximum atomic E-state index is 12.3. The smallest absolute Gasteiger partial charge is 0.340 e. The first-order valence-electron chi connectivity index (χ1n) is 7.76. The van der Waals surface area contributed by atoms with Gasteiger partial charge >= 0.3 is 5.97 Å². The maximum absolute atomic E-state index is 12.3. The molecule has 0 aromatic heterocycles. The van der Waals surface area contributed by atoms with Gasteiger partial charge in [-0.05, 0) is 37.6 Å². The van der Waals surface area contributed by atoms with E-state index >= 15 is 0 Å². The third kappa shape index (κ3) is 4.89. The monoisotopic (exact) mass is 324 g/mol. The molecule has 0 bridgehead atoms. The number of esters is 1. The predicted molar refractivity (Wildman–Crippen MR) is 92.2 cm³/mol. The molecule has 0 spiro atoms. The predicted octanol–water partition coefficient (Wildman–Crippen LogP) is 3.80. The van der Waals surface area contributed by atoms with Crippen LogP contribution in [0.5, 0.6) is 5.75 Å². The summed E-state index contributed by atoms with van der Waals surface area (Å²) in [5.74, 6) is -0.167. The van der Waals surface area contributed by atoms with Gasteiger partial charge in [0.1, 0.15) is 5.75 Å². The maximum Gasteiger partial charge on any atom is 0.340 e. The lowest BCUT2D eigenvalue weighted by Gasteiger charge is -2.12. The Morgan fingerprint density at radius 1 is 1.04 bits per heavy atom. The number of ether oxygens (including phenoxy) is 2. The first kappa shape index (κ1) is 17.6. The summed E-state index contributed by atoms with van der Waals surface area (Å²) in [6, 6.07) is 15.5. The fourth-order valence-electron chi connectivity index (χ4n) is 2.03. The Morgan fingerprint density at radius 2 is 1.67 bits per heavy atom. The van der Waals surface area contributed by atoms with Crippen LogP contribution in [-0.4, -0.2) is 24.5 Å². The molecule has 0 fully saturated rings. The van der Waals surface area contributed by atoms with E-state index in [4.69, 9.17) is 9.47 Å². The van der Waals surface area contributed by atoms with Gasteiger partial charge in [0.25, 0.3) is 0 Å². The lowest BCUT2D eigenvalue weighted by Crippen LogP contribution is -2.26. The van der Waals surface area contributed by atoms with Gasteiger partial charge in [0, 0.05) is 11.1 Å². The van der Waals surface area contributed by atoms with Gasteiger partial charge in [-0.2, -0.15) is 0 Å². The zero-order valence-corrected chi connectivity index (χ0v) is 13.6. The number of carbonyl (C=O) groups is 2. The van der Waals surface area contributed by atoms with Crippen LogP contribution in [0.2, 0.25) is 0 Å². The standard InChI is InChI=1S/C20H20O4/c1-3-4-14-23-15(2)20(22)24-18-12-10-17(11-13-18)19(21)16-8-6-5-7-9-16/h3,5-13,15H,1,4,14H2,2H3. The van der Waals surface area contributed by atoms with Crippen molar-refractivity contribution in [2.24, 2.45) is 0 Å². The summed E-state index contributed by atoms with van der Waals surface area (Å²) in [4.78, 5) is 24.2. The normalized spacial score (nSPS) is 11.5. The number of ketones is 1. The van der Waals surface area contributed by atoms with Gasteiger partial charge in [0.2, 0.25) is 0 Å². The second-order valence-electron chi connectivity index (χ2n) is 5.23. The number of rotatable bonds is 8. The van der Waals surface area contributed by atoms with E-state index in [0.717, 1.165) is 0 Å². The van der Waals surface area contributed by atoms with Crippen LogP contribution in [0.3, 0.4) is 0 Å². The summed E-state index contributed by atoms with van der Waals surface area (Å²) in [6.07, 6.45) is 1.74. The third-order valence-electron chi connectivity index (χ3n) is 3.39. The molecule has 0 aliphatic carbocycles. The van der Waals surface area contributed by atoms with Crippen molar-refractivity contribution in [3.05, 3.63) is 78.4 Å². The average Bonchev–Trinajstić information content (AvgIpc) is 2.62. The molecule has 1 atom stereocenters. The molecule has 2 rings (SSSR count). The van der Waals surface area contributed by atoms with Crippen molar-refractivity contribution in [1.29, 1.82) is 0 Å². The molecule has 4 nitrogen and oxygen atoms in total. The largest absolute Gasteiger partial charge is 0.425 e. The molecule has 24 heavy (non-hydrogen) atoms. The van der Waals surface area contributed by atoms with Crippen molar-refractivity contribution >= 4 is 11.8 Å². The van der Waals surface area contributed by atoms with Crippen molar-refractivity contribution < 1.29 is 19.1 Å². The molecule has 0 N–H and O–H groups in total. The van der Waals surface area contributed by atoms with Crippen molar-refractivity contribution in [3.63, 3.8) is 0 Å². The molecule has 2 aromatic carbocycles. The number of benzene rings is 2. The molecule has 0 aliphatic heterocycles. The van der Waals surface area contributed by atoms with E-state index in [9.17, 15) is 9.59 Å². The van der Waals surface area contributed by atoms with Crippen LogP contribution in [0.15, 0.2) is 67.3 Å². The lowest BCUT2D eigenvalue weighted by atomic mass is 10.0. The zero-order chi connectivity index (χ0) is 17.4. The summed E-state index contributed by atoms with van der Waals surface area (Å²) in [5, 5.41) is 0. The Hall–Kier alpha value is -2.72. The van der Waals surface area contributed by atoms with E-state index in [2.05, 4.69) is 6.58 Å². The van der Waals surface area contributed by atoms with Gasteiger partial charge in [-0.15, -0.1) is 6.58 Å². The molecule has 124 valence electrons. The molecule has 0 radical (unpaired) electrons.